The molecule has 0 nitrogen and oxygen atoms in total. The average molecular weight is 242 g/mol. The van der Waals surface area contributed by atoms with Gasteiger partial charge in [0, 0.05) is 0 Å². The van der Waals surface area contributed by atoms with E-state index in [1.807, 2.05) is 42.5 Å². The molecule has 0 heterocycles. The second-order valence-electron chi connectivity index (χ2n) is 3.99. The monoisotopic (exact) mass is 242 g/mol. The first-order chi connectivity index (χ1) is 8.85. The first kappa shape index (κ1) is 16.4. The minimum atomic E-state index is 1.14. The molecule has 0 saturated heterocycles. The quantitative estimate of drug-likeness (QED) is 0.629. The molecule has 0 saturated carbocycles. The molecule has 2 aromatic carbocycles. The van der Waals surface area contributed by atoms with Crippen molar-refractivity contribution >= 4 is 0 Å². The third kappa shape index (κ3) is 10.9. The fourth-order valence-electron chi connectivity index (χ4n) is 1.10. The predicted octanol–water partition coefficient (Wildman–Crippen LogP) is 5.74. The number of aryl methyl sites for hydroxylation is 1. The Morgan fingerprint density at radius 2 is 0.889 bits per heavy atom. The molecule has 0 bridgehead atoms. The molecule has 0 unspecified atom stereocenters. The molecule has 18 heavy (non-hydrogen) atoms. The Morgan fingerprint density at radius 1 is 0.556 bits per heavy atom. The normalized spacial score (nSPS) is 8.39. The van der Waals surface area contributed by atoms with E-state index in [0.29, 0.717) is 0 Å². The molecule has 0 aliphatic rings. The van der Waals surface area contributed by atoms with Gasteiger partial charge in [-0.25, -0.2) is 0 Å². The van der Waals surface area contributed by atoms with Crippen LogP contribution in [0.15, 0.2) is 66.7 Å². The Hall–Kier alpha value is -1.56. The molecule has 0 fully saturated rings. The van der Waals surface area contributed by atoms with Gasteiger partial charge in [0.2, 0.25) is 0 Å². The zero-order valence-electron chi connectivity index (χ0n) is 12.0. The molecule has 0 radical (unpaired) electrons. The van der Waals surface area contributed by atoms with Gasteiger partial charge in [0.1, 0.15) is 0 Å². The maximum atomic E-state index is 2.18. The number of rotatable bonds is 2. The smallest absolute Gasteiger partial charge is 0.0307 e. The molecular formula is C18H26. The van der Waals surface area contributed by atoms with Gasteiger partial charge in [-0.2, -0.15) is 0 Å². The van der Waals surface area contributed by atoms with Crippen molar-refractivity contribution in [2.24, 2.45) is 0 Å². The number of hydrogen-bond donors (Lipinski definition) is 0. The lowest BCUT2D eigenvalue weighted by Crippen LogP contribution is -1.73. The lowest BCUT2D eigenvalue weighted by atomic mass is 10.2. The van der Waals surface area contributed by atoms with Crippen LogP contribution in [0.25, 0.3) is 0 Å². The summed E-state index contributed by atoms with van der Waals surface area (Å²) < 4.78 is 0. The van der Waals surface area contributed by atoms with Crippen molar-refractivity contribution in [3.05, 3.63) is 72.3 Å². The summed E-state index contributed by atoms with van der Waals surface area (Å²) >= 11 is 0. The second-order valence-corrected chi connectivity index (χ2v) is 3.99. The zero-order chi connectivity index (χ0) is 13.5. The number of benzene rings is 2. The lowest BCUT2D eigenvalue weighted by molar-refractivity contribution is 0.886. The summed E-state index contributed by atoms with van der Waals surface area (Å²) in [5, 5.41) is 0. The standard InChI is InChI=1S/C8H10.C6H6.C4H10/c1-2-8-6-4-3-5-7-8;1-2-4-6-5-3-1;1-3-4-2/h3-7H,2H2,1H3;1-6H;3-4H2,1-2H3. The molecule has 98 valence electrons. The van der Waals surface area contributed by atoms with Crippen molar-refractivity contribution in [1.29, 1.82) is 0 Å². The summed E-state index contributed by atoms with van der Waals surface area (Å²) in [6, 6.07) is 22.5. The maximum Gasteiger partial charge on any atom is -0.0307 e. The van der Waals surface area contributed by atoms with Crippen LogP contribution in [0.3, 0.4) is 0 Å². The molecular weight excluding hydrogens is 216 g/mol. The first-order valence-electron chi connectivity index (χ1n) is 6.89. The van der Waals surface area contributed by atoms with Crippen LogP contribution in [-0.4, -0.2) is 0 Å². The average Bonchev–Trinajstić information content (AvgIpc) is 2.51. The number of hydrogen-bond acceptors (Lipinski definition) is 0. The van der Waals surface area contributed by atoms with Gasteiger partial charge in [0.25, 0.3) is 0 Å². The van der Waals surface area contributed by atoms with Crippen LogP contribution in [0.2, 0.25) is 0 Å². The van der Waals surface area contributed by atoms with Crippen molar-refractivity contribution in [3.8, 4) is 0 Å². The summed E-state index contributed by atoms with van der Waals surface area (Å²) in [6.45, 7) is 6.52. The van der Waals surface area contributed by atoms with Gasteiger partial charge in [-0.3, -0.25) is 0 Å². The van der Waals surface area contributed by atoms with Crippen LogP contribution in [0.4, 0.5) is 0 Å². The van der Waals surface area contributed by atoms with Crippen molar-refractivity contribution in [2.75, 3.05) is 0 Å². The van der Waals surface area contributed by atoms with Crippen molar-refractivity contribution in [1.82, 2.24) is 0 Å². The van der Waals surface area contributed by atoms with E-state index >= 15 is 0 Å². The van der Waals surface area contributed by atoms with Crippen LogP contribution >= 0.6 is 0 Å². The molecule has 0 aliphatic heterocycles. The van der Waals surface area contributed by atoms with Crippen LogP contribution in [0.1, 0.15) is 39.2 Å². The highest BCUT2D eigenvalue weighted by Crippen LogP contribution is 1.96. The van der Waals surface area contributed by atoms with Gasteiger partial charge in [-0.15, -0.1) is 0 Å². The highest BCUT2D eigenvalue weighted by atomic mass is 13.9. The molecule has 0 atom stereocenters. The van der Waals surface area contributed by atoms with Gasteiger partial charge in [0.15, 0.2) is 0 Å². The Morgan fingerprint density at radius 3 is 1.11 bits per heavy atom. The van der Waals surface area contributed by atoms with Gasteiger partial charge in [-0.1, -0.05) is 100 Å². The molecule has 0 spiro atoms. The van der Waals surface area contributed by atoms with Crippen molar-refractivity contribution in [3.63, 3.8) is 0 Å². The van der Waals surface area contributed by atoms with E-state index in [4.69, 9.17) is 0 Å². The van der Waals surface area contributed by atoms with Crippen LogP contribution in [0.5, 0.6) is 0 Å². The van der Waals surface area contributed by atoms with Crippen LogP contribution < -0.4 is 0 Å². The minimum absolute atomic E-state index is 1.14. The fourth-order valence-corrected chi connectivity index (χ4v) is 1.10. The molecule has 2 aromatic rings. The molecule has 0 aromatic heterocycles. The SMILES string of the molecule is CCCC.CCc1ccccc1.c1ccccc1. The van der Waals surface area contributed by atoms with E-state index in [0.717, 1.165) is 6.42 Å². The Bertz CT molecular complexity index is 308. The third-order valence-corrected chi connectivity index (χ3v) is 2.42. The van der Waals surface area contributed by atoms with Gasteiger partial charge >= 0.3 is 0 Å². The highest BCUT2D eigenvalue weighted by Gasteiger charge is 1.79. The van der Waals surface area contributed by atoms with Gasteiger partial charge in [-0.05, 0) is 12.0 Å². The summed E-state index contributed by atoms with van der Waals surface area (Å²) in [4.78, 5) is 0. The molecule has 2 rings (SSSR count). The summed E-state index contributed by atoms with van der Waals surface area (Å²) in [5.74, 6) is 0. The van der Waals surface area contributed by atoms with E-state index in [9.17, 15) is 0 Å². The highest BCUT2D eigenvalue weighted by molar-refractivity contribution is 5.13. The van der Waals surface area contributed by atoms with Crippen LogP contribution in [0, 0.1) is 0 Å². The predicted molar refractivity (Wildman–Crippen MR) is 82.8 cm³/mol. The van der Waals surface area contributed by atoms with E-state index in [-0.39, 0.29) is 0 Å². The third-order valence-electron chi connectivity index (χ3n) is 2.42. The molecule has 0 aliphatic carbocycles. The maximum absolute atomic E-state index is 2.18. The molecule has 0 N–H and O–H groups in total. The number of unbranched alkanes of at least 4 members (excludes halogenated alkanes) is 1. The van der Waals surface area contributed by atoms with E-state index in [1.165, 1.54) is 18.4 Å². The van der Waals surface area contributed by atoms with Crippen LogP contribution in [-0.2, 0) is 6.42 Å². The van der Waals surface area contributed by atoms with Gasteiger partial charge < -0.3 is 0 Å². The Kier molecular flexibility index (Phi) is 12.3. The molecule has 0 heteroatoms. The first-order valence-corrected chi connectivity index (χ1v) is 6.89. The largest absolute Gasteiger partial charge is 0.0654 e. The topological polar surface area (TPSA) is 0 Å². The minimum Gasteiger partial charge on any atom is -0.0654 e. The summed E-state index contributed by atoms with van der Waals surface area (Å²) in [7, 11) is 0. The fraction of sp³-hybridized carbons (Fsp3) is 0.333. The van der Waals surface area contributed by atoms with Gasteiger partial charge in [0.05, 0.1) is 0 Å². The summed E-state index contributed by atoms with van der Waals surface area (Å²) in [6.07, 6.45) is 3.78. The van der Waals surface area contributed by atoms with E-state index in [2.05, 4.69) is 45.0 Å². The lowest BCUT2D eigenvalue weighted by Gasteiger charge is -1.89. The second kappa shape index (κ2) is 13.5. The van der Waals surface area contributed by atoms with Crippen molar-refractivity contribution < 1.29 is 0 Å². The summed E-state index contributed by atoms with van der Waals surface area (Å²) in [5.41, 5.74) is 1.41. The van der Waals surface area contributed by atoms with E-state index < -0.39 is 0 Å². The van der Waals surface area contributed by atoms with Crippen molar-refractivity contribution in [2.45, 2.75) is 40.0 Å². The van der Waals surface area contributed by atoms with E-state index in [1.54, 1.807) is 0 Å². The Balaban J connectivity index is 0.000000257. The molecule has 0 amide bonds. The zero-order valence-corrected chi connectivity index (χ0v) is 12.0. The Labute approximate surface area is 113 Å².